The Hall–Kier alpha value is -3.00. The lowest BCUT2D eigenvalue weighted by Crippen LogP contribution is -2.42. The van der Waals surface area contributed by atoms with E-state index in [4.69, 9.17) is 4.74 Å². The average molecular weight is 352 g/mol. The van der Waals surface area contributed by atoms with E-state index in [-0.39, 0.29) is 12.0 Å². The van der Waals surface area contributed by atoms with Crippen molar-refractivity contribution in [3.8, 4) is 0 Å². The Labute approximate surface area is 150 Å². The third-order valence-corrected chi connectivity index (χ3v) is 4.44. The second-order valence-electron chi connectivity index (χ2n) is 6.25. The number of aryl methyl sites for hydroxylation is 1. The summed E-state index contributed by atoms with van der Waals surface area (Å²) in [6, 6.07) is 3.89. The number of carbonyl (C=O) groups excluding carboxylic acids is 1. The van der Waals surface area contributed by atoms with Crippen LogP contribution in [0.2, 0.25) is 0 Å². The van der Waals surface area contributed by atoms with E-state index in [9.17, 15) is 4.79 Å². The minimum Gasteiger partial charge on any atom is -0.372 e. The number of fused-ring (bicyclic) bond motifs is 1. The lowest BCUT2D eigenvalue weighted by Gasteiger charge is -2.32. The molecule has 26 heavy (non-hydrogen) atoms. The van der Waals surface area contributed by atoms with Gasteiger partial charge in [-0.25, -0.2) is 9.97 Å². The van der Waals surface area contributed by atoms with Gasteiger partial charge in [0.1, 0.15) is 29.0 Å². The van der Waals surface area contributed by atoms with Crippen LogP contribution in [0.15, 0.2) is 36.9 Å². The van der Waals surface area contributed by atoms with Crippen molar-refractivity contribution in [2.24, 2.45) is 0 Å². The SMILES string of the molecule is CNc1nccnc1[C@@H]1CN(C(=O)c2cn3cc(C)ccc3n2)CCO1. The molecule has 0 unspecified atom stereocenters. The number of imidazole rings is 1. The van der Waals surface area contributed by atoms with E-state index in [1.807, 2.05) is 29.7 Å². The number of morpholine rings is 1. The molecule has 1 aliphatic heterocycles. The number of hydrogen-bond donors (Lipinski definition) is 1. The molecular weight excluding hydrogens is 332 g/mol. The molecule has 4 rings (SSSR count). The first kappa shape index (κ1) is 16.5. The molecule has 0 saturated carbocycles. The van der Waals surface area contributed by atoms with Crippen molar-refractivity contribution in [1.82, 2.24) is 24.3 Å². The zero-order valence-electron chi connectivity index (χ0n) is 14.7. The molecule has 0 bridgehead atoms. The summed E-state index contributed by atoms with van der Waals surface area (Å²) in [5.74, 6) is 0.560. The molecule has 1 fully saturated rings. The number of ether oxygens (including phenoxy) is 1. The molecule has 3 aromatic rings. The Morgan fingerprint density at radius 3 is 2.96 bits per heavy atom. The highest BCUT2D eigenvalue weighted by Crippen LogP contribution is 2.25. The Bertz CT molecular complexity index is 954. The van der Waals surface area contributed by atoms with Crippen LogP contribution in [-0.2, 0) is 4.74 Å². The van der Waals surface area contributed by atoms with Crippen molar-refractivity contribution in [1.29, 1.82) is 0 Å². The molecule has 0 radical (unpaired) electrons. The van der Waals surface area contributed by atoms with E-state index in [1.165, 1.54) is 0 Å². The molecule has 1 aliphatic rings. The first-order valence-corrected chi connectivity index (χ1v) is 8.50. The van der Waals surface area contributed by atoms with Gasteiger partial charge in [0.25, 0.3) is 5.91 Å². The lowest BCUT2D eigenvalue weighted by molar-refractivity contribution is -0.0246. The van der Waals surface area contributed by atoms with Crippen LogP contribution in [0.5, 0.6) is 0 Å². The minimum atomic E-state index is -0.317. The van der Waals surface area contributed by atoms with E-state index < -0.39 is 0 Å². The van der Waals surface area contributed by atoms with Crippen LogP contribution in [0.3, 0.4) is 0 Å². The normalized spacial score (nSPS) is 17.5. The second kappa shape index (κ2) is 6.72. The third kappa shape index (κ3) is 2.99. The van der Waals surface area contributed by atoms with Gasteiger partial charge in [-0.05, 0) is 18.6 Å². The summed E-state index contributed by atoms with van der Waals surface area (Å²) in [7, 11) is 1.79. The summed E-state index contributed by atoms with van der Waals surface area (Å²) < 4.78 is 7.71. The predicted octanol–water partition coefficient (Wildman–Crippen LogP) is 1.69. The Morgan fingerprint density at radius 1 is 1.27 bits per heavy atom. The van der Waals surface area contributed by atoms with Crippen molar-refractivity contribution in [2.45, 2.75) is 13.0 Å². The van der Waals surface area contributed by atoms with Gasteiger partial charge in [0.05, 0.1) is 13.2 Å². The number of aromatic nitrogens is 4. The van der Waals surface area contributed by atoms with Crippen LogP contribution in [0.25, 0.3) is 5.65 Å². The highest BCUT2D eigenvalue weighted by atomic mass is 16.5. The number of nitrogens with zero attached hydrogens (tertiary/aromatic N) is 5. The maximum atomic E-state index is 12.9. The molecule has 1 amide bonds. The zero-order valence-corrected chi connectivity index (χ0v) is 14.7. The first-order chi connectivity index (χ1) is 12.7. The fraction of sp³-hybridized carbons (Fsp3) is 0.333. The van der Waals surface area contributed by atoms with E-state index in [0.717, 1.165) is 11.2 Å². The molecule has 134 valence electrons. The maximum Gasteiger partial charge on any atom is 0.274 e. The fourth-order valence-electron chi connectivity index (χ4n) is 3.14. The molecule has 0 aromatic carbocycles. The average Bonchev–Trinajstić information content (AvgIpc) is 3.10. The van der Waals surface area contributed by atoms with Crippen LogP contribution in [0.1, 0.15) is 27.8 Å². The maximum absolute atomic E-state index is 12.9. The summed E-state index contributed by atoms with van der Waals surface area (Å²) in [5.41, 5.74) is 3.01. The number of nitrogens with one attached hydrogen (secondary N) is 1. The number of hydrogen-bond acceptors (Lipinski definition) is 6. The van der Waals surface area contributed by atoms with Gasteiger partial charge in [-0.3, -0.25) is 9.78 Å². The van der Waals surface area contributed by atoms with Gasteiger partial charge >= 0.3 is 0 Å². The fourth-order valence-corrected chi connectivity index (χ4v) is 3.14. The lowest BCUT2D eigenvalue weighted by atomic mass is 10.2. The van der Waals surface area contributed by atoms with Crippen molar-refractivity contribution >= 4 is 17.4 Å². The quantitative estimate of drug-likeness (QED) is 0.772. The van der Waals surface area contributed by atoms with Crippen molar-refractivity contribution in [3.63, 3.8) is 0 Å². The van der Waals surface area contributed by atoms with Crippen molar-refractivity contribution in [2.75, 3.05) is 32.1 Å². The van der Waals surface area contributed by atoms with Crippen molar-refractivity contribution in [3.05, 3.63) is 53.9 Å². The Morgan fingerprint density at radius 2 is 2.12 bits per heavy atom. The number of pyridine rings is 1. The molecule has 1 N–H and O–H groups in total. The highest BCUT2D eigenvalue weighted by molar-refractivity contribution is 5.93. The molecule has 8 nitrogen and oxygen atoms in total. The van der Waals surface area contributed by atoms with Gasteiger partial charge in [-0.15, -0.1) is 0 Å². The molecule has 1 saturated heterocycles. The first-order valence-electron chi connectivity index (χ1n) is 8.50. The smallest absolute Gasteiger partial charge is 0.274 e. The van der Waals surface area contributed by atoms with E-state index in [2.05, 4.69) is 20.3 Å². The second-order valence-corrected chi connectivity index (χ2v) is 6.25. The van der Waals surface area contributed by atoms with Gasteiger partial charge in [-0.2, -0.15) is 0 Å². The number of amides is 1. The third-order valence-electron chi connectivity index (χ3n) is 4.44. The summed E-state index contributed by atoms with van der Waals surface area (Å²) in [6.07, 6.45) is 6.67. The molecular formula is C18H20N6O2. The van der Waals surface area contributed by atoms with Crippen LogP contribution >= 0.6 is 0 Å². The van der Waals surface area contributed by atoms with Gasteiger partial charge in [0.15, 0.2) is 0 Å². The van der Waals surface area contributed by atoms with E-state index >= 15 is 0 Å². The summed E-state index contributed by atoms with van der Waals surface area (Å²) in [6.45, 7) is 3.40. The topological polar surface area (TPSA) is 84.7 Å². The van der Waals surface area contributed by atoms with Crippen LogP contribution < -0.4 is 5.32 Å². The van der Waals surface area contributed by atoms with Crippen LogP contribution in [0, 0.1) is 6.92 Å². The van der Waals surface area contributed by atoms with Crippen LogP contribution in [0.4, 0.5) is 5.82 Å². The minimum absolute atomic E-state index is 0.102. The number of carbonyl (C=O) groups is 1. The summed E-state index contributed by atoms with van der Waals surface area (Å²) >= 11 is 0. The van der Waals surface area contributed by atoms with E-state index in [1.54, 1.807) is 30.5 Å². The molecule has 8 heteroatoms. The monoisotopic (exact) mass is 352 g/mol. The van der Waals surface area contributed by atoms with Gasteiger partial charge in [0, 0.05) is 38.4 Å². The Balaban J connectivity index is 1.57. The largest absolute Gasteiger partial charge is 0.372 e. The molecule has 0 aliphatic carbocycles. The van der Waals surface area contributed by atoms with Gasteiger partial charge in [0.2, 0.25) is 0 Å². The summed E-state index contributed by atoms with van der Waals surface area (Å²) in [4.78, 5) is 27.8. The highest BCUT2D eigenvalue weighted by Gasteiger charge is 2.29. The Kier molecular flexibility index (Phi) is 4.26. The van der Waals surface area contributed by atoms with E-state index in [0.29, 0.717) is 36.9 Å². The predicted molar refractivity (Wildman–Crippen MR) is 96.1 cm³/mol. The molecule has 4 heterocycles. The van der Waals surface area contributed by atoms with Crippen LogP contribution in [-0.4, -0.2) is 56.9 Å². The molecule has 3 aromatic heterocycles. The van der Waals surface area contributed by atoms with Gasteiger partial charge < -0.3 is 19.4 Å². The van der Waals surface area contributed by atoms with Gasteiger partial charge in [-0.1, -0.05) is 6.07 Å². The molecule has 0 spiro atoms. The molecule has 1 atom stereocenters. The zero-order chi connectivity index (χ0) is 18.1. The number of anilines is 1. The number of rotatable bonds is 3. The van der Waals surface area contributed by atoms with Crippen molar-refractivity contribution < 1.29 is 9.53 Å². The summed E-state index contributed by atoms with van der Waals surface area (Å²) in [5, 5.41) is 3.02. The standard InChI is InChI=1S/C18H20N6O2/c1-12-3-4-15-22-13(10-24(15)9-12)18(25)23-7-8-26-14(11-23)16-17(19-2)21-6-5-20-16/h3-6,9-10,14H,7-8,11H2,1-2H3,(H,19,21)/t14-/m0/s1.